The quantitative estimate of drug-likeness (QED) is 0.686. The van der Waals surface area contributed by atoms with Crippen LogP contribution in [0.5, 0.6) is 0 Å². The van der Waals surface area contributed by atoms with Crippen molar-refractivity contribution >= 4 is 12.1 Å². The van der Waals surface area contributed by atoms with E-state index >= 15 is 0 Å². The highest BCUT2D eigenvalue weighted by atomic mass is 16.5. The number of fused-ring (bicyclic) bond motifs is 1. The lowest BCUT2D eigenvalue weighted by Gasteiger charge is -2.27. The van der Waals surface area contributed by atoms with Crippen LogP contribution in [0.4, 0.5) is 9.59 Å². The molecule has 2 saturated heterocycles. The van der Waals surface area contributed by atoms with Gasteiger partial charge >= 0.3 is 12.1 Å². The molecular formula is C10H18N4O5. The summed E-state index contributed by atoms with van der Waals surface area (Å²) in [7, 11) is 4.47. The van der Waals surface area contributed by atoms with E-state index in [1.54, 1.807) is 0 Å². The minimum Gasteiger partial charge on any atom is -0.364 e. The SMILES string of the molecule is COCN1C(=O)N(COC)C2C1NC(=O)N2COC. The summed E-state index contributed by atoms with van der Waals surface area (Å²) >= 11 is 0. The number of urea groups is 2. The van der Waals surface area contributed by atoms with Gasteiger partial charge in [0.25, 0.3) is 0 Å². The van der Waals surface area contributed by atoms with Gasteiger partial charge in [-0.25, -0.2) is 9.59 Å². The minimum absolute atomic E-state index is 0.0926. The molecule has 0 aromatic rings. The van der Waals surface area contributed by atoms with Crippen molar-refractivity contribution in [3.8, 4) is 0 Å². The molecule has 0 saturated carbocycles. The van der Waals surface area contributed by atoms with Crippen molar-refractivity contribution in [2.24, 2.45) is 0 Å². The van der Waals surface area contributed by atoms with E-state index in [-0.39, 0.29) is 32.3 Å². The molecular weight excluding hydrogens is 256 g/mol. The number of hydrogen-bond acceptors (Lipinski definition) is 5. The Morgan fingerprint density at radius 2 is 1.47 bits per heavy atom. The van der Waals surface area contributed by atoms with Gasteiger partial charge in [-0.2, -0.15) is 0 Å². The van der Waals surface area contributed by atoms with Gasteiger partial charge in [0.1, 0.15) is 26.4 Å². The summed E-state index contributed by atoms with van der Waals surface area (Å²) in [6, 6.07) is -0.536. The summed E-state index contributed by atoms with van der Waals surface area (Å²) in [6.07, 6.45) is -0.930. The second-order valence-electron chi connectivity index (χ2n) is 4.25. The molecule has 0 aliphatic carbocycles. The van der Waals surface area contributed by atoms with Gasteiger partial charge in [0.15, 0.2) is 6.17 Å². The Labute approximate surface area is 111 Å². The van der Waals surface area contributed by atoms with Crippen molar-refractivity contribution in [2.45, 2.75) is 12.3 Å². The Kier molecular flexibility index (Phi) is 4.08. The molecule has 2 heterocycles. The first-order valence-electron chi connectivity index (χ1n) is 5.77. The van der Waals surface area contributed by atoms with E-state index in [9.17, 15) is 9.59 Å². The standard InChI is InChI=1S/C10H18N4O5/c1-17-4-12-7-8(14(6-19-3)10(12)16)13(5-18-2)9(15)11-7/h7-8H,4-6H2,1-3H3,(H,11,15). The molecule has 2 atom stereocenters. The third-order valence-corrected chi connectivity index (χ3v) is 3.09. The van der Waals surface area contributed by atoms with E-state index in [0.29, 0.717) is 0 Å². The van der Waals surface area contributed by atoms with E-state index in [1.807, 2.05) is 0 Å². The normalized spacial score (nSPS) is 26.2. The van der Waals surface area contributed by atoms with Crippen molar-refractivity contribution in [3.05, 3.63) is 0 Å². The van der Waals surface area contributed by atoms with Gasteiger partial charge in [0.05, 0.1) is 0 Å². The monoisotopic (exact) mass is 274 g/mol. The van der Waals surface area contributed by atoms with Crippen LogP contribution in [0.2, 0.25) is 0 Å². The molecule has 2 fully saturated rings. The Balaban J connectivity index is 2.24. The second kappa shape index (κ2) is 5.59. The number of rotatable bonds is 6. The largest absolute Gasteiger partial charge is 0.364 e. The molecule has 4 amide bonds. The van der Waals surface area contributed by atoms with Gasteiger partial charge in [-0.15, -0.1) is 0 Å². The highest BCUT2D eigenvalue weighted by molar-refractivity contribution is 5.84. The highest BCUT2D eigenvalue weighted by Gasteiger charge is 2.55. The number of hydrogen-bond donors (Lipinski definition) is 1. The molecule has 108 valence electrons. The van der Waals surface area contributed by atoms with E-state index < -0.39 is 12.3 Å². The maximum absolute atomic E-state index is 12.2. The average molecular weight is 274 g/mol. The molecule has 2 aliphatic rings. The molecule has 0 aromatic carbocycles. The van der Waals surface area contributed by atoms with Crippen LogP contribution in [0.25, 0.3) is 0 Å². The first kappa shape index (κ1) is 13.8. The molecule has 2 unspecified atom stereocenters. The first-order chi connectivity index (χ1) is 9.15. The van der Waals surface area contributed by atoms with E-state index in [1.165, 1.54) is 36.0 Å². The zero-order chi connectivity index (χ0) is 14.0. The number of nitrogens with one attached hydrogen (secondary N) is 1. The summed E-state index contributed by atoms with van der Waals surface area (Å²) in [6.45, 7) is 0.290. The zero-order valence-corrected chi connectivity index (χ0v) is 11.2. The summed E-state index contributed by atoms with van der Waals surface area (Å²) < 4.78 is 15.0. The van der Waals surface area contributed by atoms with Crippen LogP contribution < -0.4 is 5.32 Å². The molecule has 0 spiro atoms. The molecule has 19 heavy (non-hydrogen) atoms. The van der Waals surface area contributed by atoms with E-state index in [2.05, 4.69) is 5.32 Å². The molecule has 9 heteroatoms. The second-order valence-corrected chi connectivity index (χ2v) is 4.25. The Bertz CT molecular complexity index is 362. The van der Waals surface area contributed by atoms with E-state index in [4.69, 9.17) is 14.2 Å². The molecule has 9 nitrogen and oxygen atoms in total. The van der Waals surface area contributed by atoms with Crippen LogP contribution in [0, 0.1) is 0 Å². The lowest BCUT2D eigenvalue weighted by Crippen LogP contribution is -2.47. The zero-order valence-electron chi connectivity index (χ0n) is 11.2. The number of nitrogens with zero attached hydrogens (tertiary/aromatic N) is 3. The smallest absolute Gasteiger partial charge is 0.327 e. The minimum atomic E-state index is -0.467. The number of carbonyl (C=O) groups excluding carboxylic acids is 2. The third kappa shape index (κ3) is 2.20. The molecule has 1 N–H and O–H groups in total. The topological polar surface area (TPSA) is 83.6 Å². The molecule has 2 aliphatic heterocycles. The maximum Gasteiger partial charge on any atom is 0.327 e. The predicted octanol–water partition coefficient (Wildman–Crippen LogP) is -0.787. The summed E-state index contributed by atoms with van der Waals surface area (Å²) in [5.41, 5.74) is 0. The third-order valence-electron chi connectivity index (χ3n) is 3.09. The van der Waals surface area contributed by atoms with Crippen molar-refractivity contribution in [1.82, 2.24) is 20.0 Å². The molecule has 0 bridgehead atoms. The number of carbonyl (C=O) groups is 2. The summed E-state index contributed by atoms with van der Waals surface area (Å²) in [5.74, 6) is 0. The molecule has 0 aromatic heterocycles. The lowest BCUT2D eigenvalue weighted by atomic mass is 10.4. The Hall–Kier alpha value is -1.58. The van der Waals surface area contributed by atoms with Crippen molar-refractivity contribution in [2.75, 3.05) is 41.5 Å². The Morgan fingerprint density at radius 1 is 0.947 bits per heavy atom. The predicted molar refractivity (Wildman–Crippen MR) is 62.6 cm³/mol. The van der Waals surface area contributed by atoms with Crippen LogP contribution in [-0.2, 0) is 14.2 Å². The maximum atomic E-state index is 12.2. The Morgan fingerprint density at radius 3 is 2.05 bits per heavy atom. The van der Waals surface area contributed by atoms with Gasteiger partial charge < -0.3 is 19.5 Å². The van der Waals surface area contributed by atoms with Crippen molar-refractivity contribution < 1.29 is 23.8 Å². The average Bonchev–Trinajstić information content (AvgIpc) is 2.81. The van der Waals surface area contributed by atoms with Crippen LogP contribution in [-0.4, -0.2) is 80.6 Å². The number of methoxy groups -OCH3 is 3. The fraction of sp³-hybridized carbons (Fsp3) is 0.800. The number of ether oxygens (including phenoxy) is 3. The van der Waals surface area contributed by atoms with Gasteiger partial charge in [-0.1, -0.05) is 0 Å². The van der Waals surface area contributed by atoms with Crippen LogP contribution >= 0.6 is 0 Å². The fourth-order valence-corrected chi connectivity index (χ4v) is 2.37. The first-order valence-corrected chi connectivity index (χ1v) is 5.77. The lowest BCUT2D eigenvalue weighted by molar-refractivity contribution is -0.00231. The number of amides is 4. The summed E-state index contributed by atoms with van der Waals surface area (Å²) in [5, 5.41) is 2.74. The van der Waals surface area contributed by atoms with Crippen LogP contribution in [0.15, 0.2) is 0 Å². The van der Waals surface area contributed by atoms with Crippen molar-refractivity contribution in [1.29, 1.82) is 0 Å². The van der Waals surface area contributed by atoms with Gasteiger partial charge in [-0.05, 0) is 0 Å². The van der Waals surface area contributed by atoms with Gasteiger partial charge in [-0.3, -0.25) is 14.7 Å². The van der Waals surface area contributed by atoms with Crippen LogP contribution in [0.3, 0.4) is 0 Å². The summed E-state index contributed by atoms with van der Waals surface area (Å²) in [4.78, 5) is 28.4. The fourth-order valence-electron chi connectivity index (χ4n) is 2.37. The van der Waals surface area contributed by atoms with Crippen LogP contribution in [0.1, 0.15) is 0 Å². The van der Waals surface area contributed by atoms with Gasteiger partial charge in [0, 0.05) is 21.3 Å². The van der Waals surface area contributed by atoms with Crippen molar-refractivity contribution in [3.63, 3.8) is 0 Å². The molecule has 0 radical (unpaired) electrons. The highest BCUT2D eigenvalue weighted by Crippen LogP contribution is 2.28. The van der Waals surface area contributed by atoms with Gasteiger partial charge in [0.2, 0.25) is 0 Å². The molecule has 2 rings (SSSR count). The van der Waals surface area contributed by atoms with E-state index in [0.717, 1.165) is 0 Å².